The molecule has 0 aliphatic heterocycles. The van der Waals surface area contributed by atoms with Gasteiger partial charge < -0.3 is 4.98 Å². The van der Waals surface area contributed by atoms with E-state index >= 15 is 0 Å². The summed E-state index contributed by atoms with van der Waals surface area (Å²) in [6.07, 6.45) is 3.36. The van der Waals surface area contributed by atoms with E-state index in [1.54, 1.807) is 12.1 Å². The van der Waals surface area contributed by atoms with Crippen molar-refractivity contribution >= 4 is 16.7 Å². The number of benzene rings is 1. The number of hydrogen-bond donors (Lipinski definition) is 1. The lowest BCUT2D eigenvalue weighted by atomic mass is 9.87. The van der Waals surface area contributed by atoms with Crippen molar-refractivity contribution in [3.8, 4) is 0 Å². The molecule has 1 N–H and O–H groups in total. The highest BCUT2D eigenvalue weighted by Crippen LogP contribution is 2.27. The Morgan fingerprint density at radius 1 is 1.17 bits per heavy atom. The summed E-state index contributed by atoms with van der Waals surface area (Å²) in [6, 6.07) is 7.21. The standard InChI is InChI=1S/C14H14N2O2/c17-12-8-4-2-6-10(12)13-15-11-7-3-1-5-9(11)14(18)16-13/h1,3,5,7,10H,2,4,6,8H2,(H,15,16,18). The van der Waals surface area contributed by atoms with Gasteiger partial charge in [0.1, 0.15) is 11.6 Å². The summed E-state index contributed by atoms with van der Waals surface area (Å²) in [5.74, 6) is 0.499. The van der Waals surface area contributed by atoms with Crippen LogP contribution in [0.5, 0.6) is 0 Å². The molecule has 18 heavy (non-hydrogen) atoms. The summed E-state index contributed by atoms with van der Waals surface area (Å²) in [4.78, 5) is 31.0. The predicted octanol–water partition coefficient (Wildman–Crippen LogP) is 2.15. The fraction of sp³-hybridized carbons (Fsp3) is 0.357. The molecule has 1 fully saturated rings. The lowest BCUT2D eigenvalue weighted by molar-refractivity contribution is -0.122. The number of aromatic nitrogens is 2. The molecule has 1 aliphatic rings. The van der Waals surface area contributed by atoms with Gasteiger partial charge in [-0.05, 0) is 25.0 Å². The average molecular weight is 242 g/mol. The second-order valence-electron chi connectivity index (χ2n) is 4.73. The first-order valence-electron chi connectivity index (χ1n) is 6.27. The molecule has 1 unspecified atom stereocenters. The zero-order chi connectivity index (χ0) is 12.5. The minimum absolute atomic E-state index is 0.158. The number of Topliss-reactive ketones (excluding diaryl/α,β-unsaturated/α-hetero) is 1. The quantitative estimate of drug-likeness (QED) is 0.833. The lowest BCUT2D eigenvalue weighted by Gasteiger charge is -2.19. The topological polar surface area (TPSA) is 62.8 Å². The van der Waals surface area contributed by atoms with E-state index in [9.17, 15) is 9.59 Å². The van der Waals surface area contributed by atoms with Gasteiger partial charge in [0, 0.05) is 6.42 Å². The van der Waals surface area contributed by atoms with Crippen molar-refractivity contribution < 1.29 is 4.79 Å². The number of ketones is 1. The molecule has 0 amide bonds. The van der Waals surface area contributed by atoms with Gasteiger partial charge in [-0.3, -0.25) is 9.59 Å². The lowest BCUT2D eigenvalue weighted by Crippen LogP contribution is -2.22. The van der Waals surface area contributed by atoms with Crippen LogP contribution < -0.4 is 5.56 Å². The first-order chi connectivity index (χ1) is 8.75. The Bertz CT molecular complexity index is 660. The van der Waals surface area contributed by atoms with Crippen molar-refractivity contribution in [1.29, 1.82) is 0 Å². The summed E-state index contributed by atoms with van der Waals surface area (Å²) in [7, 11) is 0. The second-order valence-corrected chi connectivity index (χ2v) is 4.73. The number of nitrogens with one attached hydrogen (secondary N) is 1. The van der Waals surface area contributed by atoms with Crippen molar-refractivity contribution in [3.05, 3.63) is 40.4 Å². The van der Waals surface area contributed by atoms with Crippen LogP contribution in [0.15, 0.2) is 29.1 Å². The van der Waals surface area contributed by atoms with Crippen LogP contribution in [0, 0.1) is 0 Å². The van der Waals surface area contributed by atoms with Crippen LogP contribution in [0.25, 0.3) is 10.9 Å². The Hall–Kier alpha value is -1.97. The summed E-state index contributed by atoms with van der Waals surface area (Å²) < 4.78 is 0. The van der Waals surface area contributed by atoms with Crippen molar-refractivity contribution in [1.82, 2.24) is 9.97 Å². The number of para-hydroxylation sites is 1. The molecule has 1 heterocycles. The molecule has 0 bridgehead atoms. The van der Waals surface area contributed by atoms with Crippen LogP contribution in [0.2, 0.25) is 0 Å². The maximum Gasteiger partial charge on any atom is 0.258 e. The Kier molecular flexibility index (Phi) is 2.70. The Morgan fingerprint density at radius 2 is 2.00 bits per heavy atom. The van der Waals surface area contributed by atoms with Crippen molar-refractivity contribution in [2.75, 3.05) is 0 Å². The van der Waals surface area contributed by atoms with Gasteiger partial charge in [-0.1, -0.05) is 18.6 Å². The maximum atomic E-state index is 11.9. The fourth-order valence-electron chi connectivity index (χ4n) is 2.54. The minimum Gasteiger partial charge on any atom is -0.309 e. The monoisotopic (exact) mass is 242 g/mol. The highest BCUT2D eigenvalue weighted by molar-refractivity contribution is 5.86. The molecule has 92 valence electrons. The molecule has 0 spiro atoms. The zero-order valence-corrected chi connectivity index (χ0v) is 9.98. The van der Waals surface area contributed by atoms with E-state index in [1.165, 1.54) is 0 Å². The van der Waals surface area contributed by atoms with E-state index in [0.717, 1.165) is 19.3 Å². The third kappa shape index (κ3) is 1.83. The SMILES string of the molecule is O=C1CCCCC1c1nc2ccccc2c(=O)[nH]1. The number of carbonyl (C=O) groups is 1. The minimum atomic E-state index is -0.226. The first kappa shape index (κ1) is 11.1. The molecule has 2 aromatic rings. The van der Waals surface area contributed by atoms with Crippen LogP contribution in [-0.4, -0.2) is 15.8 Å². The molecule has 0 radical (unpaired) electrons. The van der Waals surface area contributed by atoms with Gasteiger partial charge in [-0.2, -0.15) is 0 Å². The first-order valence-corrected chi connectivity index (χ1v) is 6.27. The number of nitrogens with zero attached hydrogens (tertiary/aromatic N) is 1. The van der Waals surface area contributed by atoms with Gasteiger partial charge in [0.15, 0.2) is 0 Å². The Labute approximate surface area is 104 Å². The molecule has 1 atom stereocenters. The van der Waals surface area contributed by atoms with Crippen LogP contribution in [0.4, 0.5) is 0 Å². The molecule has 1 aliphatic carbocycles. The number of hydrogen-bond acceptors (Lipinski definition) is 3. The molecule has 4 heteroatoms. The predicted molar refractivity (Wildman–Crippen MR) is 68.6 cm³/mol. The van der Waals surface area contributed by atoms with Gasteiger partial charge in [0.2, 0.25) is 0 Å². The number of rotatable bonds is 1. The summed E-state index contributed by atoms with van der Waals surface area (Å²) in [6.45, 7) is 0. The van der Waals surface area contributed by atoms with Gasteiger partial charge in [-0.15, -0.1) is 0 Å². The number of fused-ring (bicyclic) bond motifs is 1. The average Bonchev–Trinajstić information content (AvgIpc) is 2.39. The summed E-state index contributed by atoms with van der Waals surface area (Å²) in [5, 5.41) is 0.574. The maximum absolute atomic E-state index is 11.9. The van der Waals surface area contributed by atoms with Gasteiger partial charge >= 0.3 is 0 Å². The molecule has 1 aromatic heterocycles. The van der Waals surface area contributed by atoms with E-state index in [0.29, 0.717) is 23.1 Å². The largest absolute Gasteiger partial charge is 0.309 e. The van der Waals surface area contributed by atoms with E-state index in [4.69, 9.17) is 0 Å². The smallest absolute Gasteiger partial charge is 0.258 e. The summed E-state index contributed by atoms with van der Waals surface area (Å²) >= 11 is 0. The van der Waals surface area contributed by atoms with Gasteiger partial charge in [0.25, 0.3) is 5.56 Å². The molecule has 1 aromatic carbocycles. The van der Waals surface area contributed by atoms with Crippen LogP contribution >= 0.6 is 0 Å². The van der Waals surface area contributed by atoms with Gasteiger partial charge in [-0.25, -0.2) is 4.98 Å². The van der Waals surface area contributed by atoms with E-state index in [-0.39, 0.29) is 17.3 Å². The zero-order valence-electron chi connectivity index (χ0n) is 9.98. The van der Waals surface area contributed by atoms with Crippen molar-refractivity contribution in [2.24, 2.45) is 0 Å². The van der Waals surface area contributed by atoms with E-state index in [2.05, 4.69) is 9.97 Å². The normalized spacial score (nSPS) is 20.2. The van der Waals surface area contributed by atoms with Crippen LogP contribution in [-0.2, 0) is 4.79 Å². The Morgan fingerprint density at radius 3 is 2.83 bits per heavy atom. The molecule has 1 saturated carbocycles. The third-order valence-electron chi connectivity index (χ3n) is 3.52. The molecule has 0 saturated heterocycles. The third-order valence-corrected chi connectivity index (χ3v) is 3.52. The summed E-state index contributed by atoms with van der Waals surface area (Å²) in [5.41, 5.74) is 0.503. The molecular formula is C14H14N2O2. The van der Waals surface area contributed by atoms with Crippen molar-refractivity contribution in [2.45, 2.75) is 31.6 Å². The molecule has 3 rings (SSSR count). The molecular weight excluding hydrogens is 228 g/mol. The van der Waals surface area contributed by atoms with Gasteiger partial charge in [0.05, 0.1) is 16.8 Å². The fourth-order valence-corrected chi connectivity index (χ4v) is 2.54. The Balaban J connectivity index is 2.12. The van der Waals surface area contributed by atoms with E-state index < -0.39 is 0 Å². The highest BCUT2D eigenvalue weighted by atomic mass is 16.1. The highest BCUT2D eigenvalue weighted by Gasteiger charge is 2.26. The van der Waals surface area contributed by atoms with Crippen LogP contribution in [0.1, 0.15) is 37.4 Å². The molecule has 4 nitrogen and oxygen atoms in total. The van der Waals surface area contributed by atoms with E-state index in [1.807, 2.05) is 12.1 Å². The number of carbonyl (C=O) groups excluding carboxylic acids is 1. The number of aromatic amines is 1. The van der Waals surface area contributed by atoms with Crippen molar-refractivity contribution in [3.63, 3.8) is 0 Å². The second kappa shape index (κ2) is 4.37. The van der Waals surface area contributed by atoms with Crippen LogP contribution in [0.3, 0.4) is 0 Å². The number of H-pyrrole nitrogens is 1.